The number of rotatable bonds is 1. The van der Waals surface area contributed by atoms with Crippen LogP contribution in [-0.4, -0.2) is 18.5 Å². The van der Waals surface area contributed by atoms with Crippen LogP contribution in [0.2, 0.25) is 0 Å². The summed E-state index contributed by atoms with van der Waals surface area (Å²) in [5.41, 5.74) is 2.53. The molecule has 1 aliphatic rings. The second kappa shape index (κ2) is 2.64. The number of ketones is 1. The van der Waals surface area contributed by atoms with Crippen molar-refractivity contribution in [2.24, 2.45) is 16.4 Å². The van der Waals surface area contributed by atoms with Crippen molar-refractivity contribution in [3.05, 3.63) is 0 Å². The van der Waals surface area contributed by atoms with Crippen LogP contribution in [0.4, 0.5) is 0 Å². The van der Waals surface area contributed by atoms with E-state index in [4.69, 9.17) is 0 Å². The Morgan fingerprint density at radius 2 is 2.27 bits per heavy atom. The molecule has 0 fully saturated rings. The second-order valence-electron chi connectivity index (χ2n) is 3.86. The molecule has 0 saturated carbocycles. The molecule has 0 radical (unpaired) electrons. The van der Waals surface area contributed by atoms with Crippen molar-refractivity contribution < 1.29 is 4.79 Å². The molecule has 62 valence electrons. The van der Waals surface area contributed by atoms with Gasteiger partial charge in [0, 0.05) is 18.2 Å². The molecule has 0 aromatic rings. The van der Waals surface area contributed by atoms with Crippen LogP contribution in [0.1, 0.15) is 20.8 Å². The zero-order valence-corrected chi connectivity index (χ0v) is 7.22. The minimum Gasteiger partial charge on any atom is -0.309 e. The number of Topliss-reactive ketones (excluding diaryl/α,β-unsaturated/α-hetero) is 1. The third-order valence-electron chi connectivity index (χ3n) is 1.73. The fourth-order valence-corrected chi connectivity index (χ4v) is 1.06. The average Bonchev–Trinajstić information content (AvgIpc) is 2.34. The lowest BCUT2D eigenvalue weighted by Crippen LogP contribution is -2.31. The molecule has 1 unspecified atom stereocenters. The zero-order valence-electron chi connectivity index (χ0n) is 7.22. The number of hydrazone groups is 1. The molecule has 0 saturated heterocycles. The molecule has 11 heavy (non-hydrogen) atoms. The third kappa shape index (κ3) is 1.79. The lowest BCUT2D eigenvalue weighted by Gasteiger charge is -2.18. The Kier molecular flexibility index (Phi) is 1.98. The van der Waals surface area contributed by atoms with Crippen LogP contribution >= 0.6 is 0 Å². The molecule has 0 spiro atoms. The van der Waals surface area contributed by atoms with Crippen molar-refractivity contribution in [1.82, 2.24) is 5.43 Å². The maximum Gasteiger partial charge on any atom is 0.148 e. The van der Waals surface area contributed by atoms with Gasteiger partial charge in [0.2, 0.25) is 0 Å². The molecule has 0 bridgehead atoms. The Hall–Kier alpha value is -0.860. The Labute approximate surface area is 66.9 Å². The first kappa shape index (κ1) is 8.24. The first-order chi connectivity index (χ1) is 5.02. The average molecular weight is 154 g/mol. The topological polar surface area (TPSA) is 41.5 Å². The molecule has 1 atom stereocenters. The molecular formula is C8H14N2O. The molecule has 0 aromatic heterocycles. The van der Waals surface area contributed by atoms with Gasteiger partial charge < -0.3 is 5.43 Å². The van der Waals surface area contributed by atoms with E-state index >= 15 is 0 Å². The Balaban J connectivity index is 2.61. The maximum atomic E-state index is 11.5. The van der Waals surface area contributed by atoms with Gasteiger partial charge in [-0.3, -0.25) is 4.79 Å². The monoisotopic (exact) mass is 154 g/mol. The van der Waals surface area contributed by atoms with E-state index in [-0.39, 0.29) is 17.1 Å². The first-order valence-corrected chi connectivity index (χ1v) is 3.82. The van der Waals surface area contributed by atoms with Crippen LogP contribution in [-0.2, 0) is 4.79 Å². The fourth-order valence-electron chi connectivity index (χ4n) is 1.06. The summed E-state index contributed by atoms with van der Waals surface area (Å²) in [6, 6.07) is 0. The van der Waals surface area contributed by atoms with Crippen LogP contribution in [0.25, 0.3) is 0 Å². The molecule has 0 aliphatic carbocycles. The van der Waals surface area contributed by atoms with Gasteiger partial charge in [-0.15, -0.1) is 0 Å². The number of nitrogens with one attached hydrogen (secondary N) is 1. The summed E-state index contributed by atoms with van der Waals surface area (Å²) >= 11 is 0. The van der Waals surface area contributed by atoms with Crippen molar-refractivity contribution in [2.75, 3.05) is 6.54 Å². The Bertz CT molecular complexity index is 191. The van der Waals surface area contributed by atoms with Gasteiger partial charge in [0.25, 0.3) is 0 Å². The molecule has 1 aliphatic heterocycles. The Morgan fingerprint density at radius 1 is 1.64 bits per heavy atom. The highest BCUT2D eigenvalue weighted by molar-refractivity contribution is 5.98. The molecule has 1 N–H and O–H groups in total. The summed E-state index contributed by atoms with van der Waals surface area (Å²) in [5, 5.41) is 3.80. The number of nitrogens with zero attached hydrogens (tertiary/aromatic N) is 1. The van der Waals surface area contributed by atoms with Crippen molar-refractivity contribution in [1.29, 1.82) is 0 Å². The van der Waals surface area contributed by atoms with E-state index in [0.29, 0.717) is 6.54 Å². The van der Waals surface area contributed by atoms with Crippen molar-refractivity contribution in [3.8, 4) is 0 Å². The van der Waals surface area contributed by atoms with E-state index in [1.807, 2.05) is 20.8 Å². The second-order valence-corrected chi connectivity index (χ2v) is 3.86. The van der Waals surface area contributed by atoms with E-state index in [9.17, 15) is 4.79 Å². The zero-order chi connectivity index (χ0) is 8.48. The predicted molar refractivity (Wildman–Crippen MR) is 44.4 cm³/mol. The van der Waals surface area contributed by atoms with Gasteiger partial charge in [-0.1, -0.05) is 20.8 Å². The van der Waals surface area contributed by atoms with E-state index in [1.165, 1.54) is 0 Å². The van der Waals surface area contributed by atoms with Crippen LogP contribution in [0.15, 0.2) is 5.10 Å². The van der Waals surface area contributed by atoms with Crippen molar-refractivity contribution in [3.63, 3.8) is 0 Å². The summed E-state index contributed by atoms with van der Waals surface area (Å²) in [6.45, 7) is 6.46. The van der Waals surface area contributed by atoms with E-state index in [2.05, 4.69) is 10.5 Å². The van der Waals surface area contributed by atoms with E-state index < -0.39 is 0 Å². The minimum atomic E-state index is -0.247. The lowest BCUT2D eigenvalue weighted by molar-refractivity contribution is -0.127. The summed E-state index contributed by atoms with van der Waals surface area (Å²) in [6.07, 6.45) is 1.69. The van der Waals surface area contributed by atoms with Gasteiger partial charge in [-0.25, -0.2) is 0 Å². The van der Waals surface area contributed by atoms with Gasteiger partial charge in [0.1, 0.15) is 5.78 Å². The number of hydrogen-bond donors (Lipinski definition) is 1. The molecular weight excluding hydrogens is 140 g/mol. The third-order valence-corrected chi connectivity index (χ3v) is 1.73. The van der Waals surface area contributed by atoms with Crippen LogP contribution in [0.3, 0.4) is 0 Å². The smallest absolute Gasteiger partial charge is 0.148 e. The highest BCUT2D eigenvalue weighted by Crippen LogP contribution is 2.19. The number of carbonyl (C=O) groups excluding carboxylic acids is 1. The fraction of sp³-hybridized carbons (Fsp3) is 0.750. The van der Waals surface area contributed by atoms with Gasteiger partial charge in [0.05, 0.1) is 5.92 Å². The predicted octanol–water partition coefficient (Wildman–Crippen LogP) is 0.807. The highest BCUT2D eigenvalue weighted by Gasteiger charge is 2.29. The first-order valence-electron chi connectivity index (χ1n) is 3.82. The largest absolute Gasteiger partial charge is 0.309 e. The summed E-state index contributed by atoms with van der Waals surface area (Å²) in [4.78, 5) is 11.5. The summed E-state index contributed by atoms with van der Waals surface area (Å²) in [5.74, 6) is 0.237. The van der Waals surface area contributed by atoms with Crippen LogP contribution < -0.4 is 5.43 Å². The van der Waals surface area contributed by atoms with Crippen LogP contribution in [0, 0.1) is 11.3 Å². The highest BCUT2D eigenvalue weighted by atomic mass is 16.1. The van der Waals surface area contributed by atoms with E-state index in [0.717, 1.165) is 0 Å². The lowest BCUT2D eigenvalue weighted by atomic mass is 9.84. The van der Waals surface area contributed by atoms with Crippen LogP contribution in [0.5, 0.6) is 0 Å². The van der Waals surface area contributed by atoms with Crippen molar-refractivity contribution in [2.45, 2.75) is 20.8 Å². The minimum absolute atomic E-state index is 0.0185. The maximum absolute atomic E-state index is 11.5. The van der Waals surface area contributed by atoms with Gasteiger partial charge >= 0.3 is 0 Å². The summed E-state index contributed by atoms with van der Waals surface area (Å²) in [7, 11) is 0. The van der Waals surface area contributed by atoms with Gasteiger partial charge in [-0.2, -0.15) is 5.10 Å². The molecule has 0 amide bonds. The van der Waals surface area contributed by atoms with Crippen molar-refractivity contribution >= 4 is 12.0 Å². The standard InChI is InChI=1S/C8H14N2O/c1-8(2,3)7(11)6-4-9-10-5-6/h4,6,10H,5H2,1-3H3. The van der Waals surface area contributed by atoms with Gasteiger partial charge in [0.15, 0.2) is 0 Å². The Morgan fingerprint density at radius 3 is 2.64 bits per heavy atom. The quantitative estimate of drug-likeness (QED) is 0.607. The molecule has 0 aromatic carbocycles. The summed E-state index contributed by atoms with van der Waals surface area (Å²) < 4.78 is 0. The molecule has 1 heterocycles. The number of carbonyl (C=O) groups is 1. The molecule has 3 heteroatoms. The normalized spacial score (nSPS) is 23.4. The SMILES string of the molecule is CC(C)(C)C(=O)C1C=NNC1. The molecule has 3 nitrogen and oxygen atoms in total. The molecule has 1 rings (SSSR count). The number of hydrogen-bond acceptors (Lipinski definition) is 3. The van der Waals surface area contributed by atoms with E-state index in [1.54, 1.807) is 6.21 Å². The van der Waals surface area contributed by atoms with Gasteiger partial charge in [-0.05, 0) is 0 Å².